The molecule has 1 fully saturated rings. The summed E-state index contributed by atoms with van der Waals surface area (Å²) in [6.07, 6.45) is 2.64. The van der Waals surface area contributed by atoms with Crippen LogP contribution >= 0.6 is 12.6 Å². The molecule has 1 N–H and O–H groups in total. The van der Waals surface area contributed by atoms with E-state index in [2.05, 4.69) is 26.1 Å². The maximum Gasteiger partial charge on any atom is 0.0724 e. The van der Waals surface area contributed by atoms with E-state index in [9.17, 15) is 5.11 Å². The van der Waals surface area contributed by atoms with E-state index in [-0.39, 0.29) is 10.9 Å². The molecule has 0 radical (unpaired) electrons. The molecule has 0 aromatic carbocycles. The third kappa shape index (κ3) is 1.69. The number of aliphatic hydroxyl groups is 1. The SMILES string of the molecule is C=C(C)[C@@]1(S)CC[C@@H](C)C[C@@H]1O. The lowest BCUT2D eigenvalue weighted by Crippen LogP contribution is -2.42. The van der Waals surface area contributed by atoms with Crippen LogP contribution in [-0.2, 0) is 0 Å². The highest BCUT2D eigenvalue weighted by molar-refractivity contribution is 7.82. The molecule has 0 aliphatic heterocycles. The largest absolute Gasteiger partial charge is 0.391 e. The van der Waals surface area contributed by atoms with E-state index >= 15 is 0 Å². The maximum absolute atomic E-state index is 9.83. The molecule has 1 saturated carbocycles. The number of hydrogen-bond acceptors (Lipinski definition) is 2. The summed E-state index contributed by atoms with van der Waals surface area (Å²) < 4.78 is -0.327. The van der Waals surface area contributed by atoms with Crippen LogP contribution in [0.25, 0.3) is 0 Å². The number of rotatable bonds is 1. The van der Waals surface area contributed by atoms with Crippen LogP contribution in [0.3, 0.4) is 0 Å². The van der Waals surface area contributed by atoms with Gasteiger partial charge in [0.1, 0.15) is 0 Å². The zero-order valence-corrected chi connectivity index (χ0v) is 8.77. The van der Waals surface area contributed by atoms with Gasteiger partial charge in [0.2, 0.25) is 0 Å². The van der Waals surface area contributed by atoms with Crippen LogP contribution in [-0.4, -0.2) is 16.0 Å². The second-order valence-corrected chi connectivity index (χ2v) is 4.90. The van der Waals surface area contributed by atoms with Crippen LogP contribution in [0, 0.1) is 5.92 Å². The van der Waals surface area contributed by atoms with Gasteiger partial charge in [0.15, 0.2) is 0 Å². The summed E-state index contributed by atoms with van der Waals surface area (Å²) in [5.41, 5.74) is 0.991. The van der Waals surface area contributed by atoms with Crippen molar-refractivity contribution in [3.63, 3.8) is 0 Å². The van der Waals surface area contributed by atoms with E-state index in [1.54, 1.807) is 0 Å². The molecule has 0 heterocycles. The predicted molar refractivity (Wildman–Crippen MR) is 55.6 cm³/mol. The Labute approximate surface area is 80.3 Å². The van der Waals surface area contributed by atoms with Crippen molar-refractivity contribution >= 4 is 12.6 Å². The van der Waals surface area contributed by atoms with Crippen molar-refractivity contribution in [1.29, 1.82) is 0 Å². The molecule has 0 saturated heterocycles. The summed E-state index contributed by atoms with van der Waals surface area (Å²) in [5.74, 6) is 0.625. The van der Waals surface area contributed by atoms with Gasteiger partial charge in [0.05, 0.1) is 10.9 Å². The lowest BCUT2D eigenvalue weighted by molar-refractivity contribution is 0.0835. The molecule has 1 rings (SSSR count). The Bertz CT molecular complexity index is 190. The highest BCUT2D eigenvalue weighted by atomic mass is 32.1. The highest BCUT2D eigenvalue weighted by Crippen LogP contribution is 2.41. The summed E-state index contributed by atoms with van der Waals surface area (Å²) >= 11 is 4.53. The summed E-state index contributed by atoms with van der Waals surface area (Å²) in [5, 5.41) is 9.83. The minimum Gasteiger partial charge on any atom is -0.391 e. The third-order valence-corrected chi connectivity index (χ3v) is 3.84. The second kappa shape index (κ2) is 3.43. The van der Waals surface area contributed by atoms with Crippen molar-refractivity contribution < 1.29 is 5.11 Å². The summed E-state index contributed by atoms with van der Waals surface area (Å²) in [6, 6.07) is 0. The molecule has 0 amide bonds. The van der Waals surface area contributed by atoms with Crippen molar-refractivity contribution in [2.24, 2.45) is 5.92 Å². The average molecular weight is 186 g/mol. The molecule has 1 aliphatic carbocycles. The fraction of sp³-hybridized carbons (Fsp3) is 0.800. The van der Waals surface area contributed by atoms with Crippen LogP contribution < -0.4 is 0 Å². The molecule has 0 bridgehead atoms. The van der Waals surface area contributed by atoms with Crippen molar-refractivity contribution in [1.82, 2.24) is 0 Å². The number of thiol groups is 1. The average Bonchev–Trinajstić information content (AvgIpc) is 1.97. The molecule has 70 valence electrons. The monoisotopic (exact) mass is 186 g/mol. The van der Waals surface area contributed by atoms with Gasteiger partial charge in [-0.2, -0.15) is 12.6 Å². The molecular formula is C10H18OS. The van der Waals surface area contributed by atoms with Gasteiger partial charge in [-0.3, -0.25) is 0 Å². The topological polar surface area (TPSA) is 20.2 Å². The molecule has 0 unspecified atom stereocenters. The van der Waals surface area contributed by atoms with Crippen molar-refractivity contribution in [3.05, 3.63) is 12.2 Å². The minimum atomic E-state index is -0.327. The first-order valence-electron chi connectivity index (χ1n) is 4.53. The van der Waals surface area contributed by atoms with Crippen molar-refractivity contribution in [2.75, 3.05) is 0 Å². The summed E-state index contributed by atoms with van der Waals surface area (Å²) in [4.78, 5) is 0. The minimum absolute atomic E-state index is 0.318. The Morgan fingerprint density at radius 3 is 2.67 bits per heavy atom. The van der Waals surface area contributed by atoms with Crippen LogP contribution in [0.15, 0.2) is 12.2 Å². The Morgan fingerprint density at radius 2 is 2.25 bits per heavy atom. The summed E-state index contributed by atoms with van der Waals surface area (Å²) in [7, 11) is 0. The van der Waals surface area contributed by atoms with Crippen LogP contribution in [0.5, 0.6) is 0 Å². The van der Waals surface area contributed by atoms with E-state index < -0.39 is 0 Å². The third-order valence-electron chi connectivity index (χ3n) is 2.93. The van der Waals surface area contributed by atoms with E-state index in [1.165, 1.54) is 0 Å². The Kier molecular flexibility index (Phi) is 2.89. The van der Waals surface area contributed by atoms with Crippen molar-refractivity contribution in [2.45, 2.75) is 44.0 Å². The predicted octanol–water partition coefficient (Wildman–Crippen LogP) is 2.41. The lowest BCUT2D eigenvalue weighted by Gasteiger charge is -2.40. The van der Waals surface area contributed by atoms with Crippen LogP contribution in [0.2, 0.25) is 0 Å². The van der Waals surface area contributed by atoms with Crippen LogP contribution in [0.1, 0.15) is 33.1 Å². The first-order valence-corrected chi connectivity index (χ1v) is 4.98. The van der Waals surface area contributed by atoms with Gasteiger partial charge in [-0.05, 0) is 32.1 Å². The fourth-order valence-corrected chi connectivity index (χ4v) is 2.06. The van der Waals surface area contributed by atoms with E-state index in [0.29, 0.717) is 5.92 Å². The molecule has 1 nitrogen and oxygen atoms in total. The lowest BCUT2D eigenvalue weighted by atomic mass is 9.77. The van der Waals surface area contributed by atoms with E-state index in [0.717, 1.165) is 24.8 Å². The van der Waals surface area contributed by atoms with Gasteiger partial charge < -0.3 is 5.11 Å². The van der Waals surface area contributed by atoms with Gasteiger partial charge >= 0.3 is 0 Å². The Hall–Kier alpha value is 0.0500. The molecule has 12 heavy (non-hydrogen) atoms. The molecule has 0 spiro atoms. The summed E-state index contributed by atoms with van der Waals surface area (Å²) in [6.45, 7) is 8.02. The van der Waals surface area contributed by atoms with Crippen molar-refractivity contribution in [3.8, 4) is 0 Å². The van der Waals surface area contributed by atoms with E-state index in [4.69, 9.17) is 0 Å². The van der Waals surface area contributed by atoms with Crippen LogP contribution in [0.4, 0.5) is 0 Å². The quantitative estimate of drug-likeness (QED) is 0.476. The second-order valence-electron chi connectivity index (χ2n) is 4.10. The molecule has 2 heteroatoms. The molecular weight excluding hydrogens is 168 g/mol. The molecule has 3 atom stereocenters. The van der Waals surface area contributed by atoms with Gasteiger partial charge in [0, 0.05) is 0 Å². The molecule has 0 aromatic rings. The normalized spacial score (nSPS) is 42.7. The Balaban J connectivity index is 2.72. The fourth-order valence-electron chi connectivity index (χ4n) is 1.82. The Morgan fingerprint density at radius 1 is 1.67 bits per heavy atom. The zero-order valence-electron chi connectivity index (χ0n) is 7.88. The molecule has 1 aliphatic rings. The first kappa shape index (κ1) is 10.1. The van der Waals surface area contributed by atoms with Gasteiger partial charge in [0.25, 0.3) is 0 Å². The van der Waals surface area contributed by atoms with Gasteiger partial charge in [-0.25, -0.2) is 0 Å². The maximum atomic E-state index is 9.83. The first-order chi connectivity index (χ1) is 5.47. The van der Waals surface area contributed by atoms with Gasteiger partial charge in [-0.1, -0.05) is 19.1 Å². The molecule has 0 aromatic heterocycles. The number of aliphatic hydroxyl groups excluding tert-OH is 1. The van der Waals surface area contributed by atoms with E-state index in [1.807, 2.05) is 6.92 Å². The highest BCUT2D eigenvalue weighted by Gasteiger charge is 2.39. The standard InChI is InChI=1S/C10H18OS/c1-7(2)10(12)5-4-8(3)6-9(10)11/h8-9,11-12H,1,4-6H2,2-3H3/t8-,9+,10+/m1/s1. The number of hydrogen-bond donors (Lipinski definition) is 2. The van der Waals surface area contributed by atoms with Gasteiger partial charge in [-0.15, -0.1) is 0 Å². The smallest absolute Gasteiger partial charge is 0.0724 e. The zero-order chi connectivity index (χ0) is 9.35.